The number of amides is 2. The van der Waals surface area contributed by atoms with Crippen LogP contribution in [-0.4, -0.2) is 101 Å². The van der Waals surface area contributed by atoms with E-state index in [1.165, 1.54) is 11.1 Å². The van der Waals surface area contributed by atoms with Crippen LogP contribution in [0.2, 0.25) is 0 Å². The summed E-state index contributed by atoms with van der Waals surface area (Å²) in [4.78, 5) is 31.6. The summed E-state index contributed by atoms with van der Waals surface area (Å²) in [6, 6.07) is 5.71. The van der Waals surface area contributed by atoms with Gasteiger partial charge in [0.2, 0.25) is 0 Å². The number of fused-ring (bicyclic) bond motifs is 2. The molecule has 5 rings (SSSR count). The van der Waals surface area contributed by atoms with E-state index in [-0.39, 0.29) is 24.0 Å². The Morgan fingerprint density at radius 2 is 1.98 bits per heavy atom. The van der Waals surface area contributed by atoms with Crippen molar-refractivity contribution in [1.29, 1.82) is 0 Å². The van der Waals surface area contributed by atoms with E-state index in [1.54, 1.807) is 30.0 Å². The van der Waals surface area contributed by atoms with Crippen molar-refractivity contribution >= 4 is 33.4 Å². The maximum atomic E-state index is 13.4. The highest BCUT2D eigenvalue weighted by molar-refractivity contribution is 8.32. The topological polar surface area (TPSA) is 117 Å². The summed E-state index contributed by atoms with van der Waals surface area (Å²) >= 11 is 0. The van der Waals surface area contributed by atoms with Crippen LogP contribution in [0, 0.1) is 0 Å². The molecule has 1 saturated heterocycles. The average Bonchev–Trinajstić information content (AvgIpc) is 3.47. The number of hydrogen-bond acceptors (Lipinski definition) is 8. The number of benzene rings is 1. The van der Waals surface area contributed by atoms with Crippen LogP contribution in [0.4, 0.5) is 10.5 Å². The first-order valence-corrected chi connectivity index (χ1v) is 16.6. The number of anilines is 1. The van der Waals surface area contributed by atoms with Gasteiger partial charge >= 0.3 is 6.09 Å². The monoisotopic (exact) mass is 585 g/mol. The molecule has 0 saturated carbocycles. The lowest BCUT2D eigenvalue weighted by Crippen LogP contribution is -2.41. The molecule has 11 nitrogen and oxygen atoms in total. The van der Waals surface area contributed by atoms with Crippen molar-refractivity contribution in [2.75, 3.05) is 63.3 Å². The van der Waals surface area contributed by atoms with Gasteiger partial charge in [0.15, 0.2) is 11.9 Å². The number of ether oxygens (including phenoxy) is 4. The summed E-state index contributed by atoms with van der Waals surface area (Å²) in [5.41, 5.74) is 3.07. The Hall–Kier alpha value is -3.35. The second-order valence-corrected chi connectivity index (χ2v) is 16.7. The average molecular weight is 586 g/mol. The zero-order valence-corrected chi connectivity index (χ0v) is 25.3. The number of aromatic nitrogens is 3. The van der Waals surface area contributed by atoms with Crippen LogP contribution < -0.4 is 10.1 Å². The molecule has 0 bridgehead atoms. The maximum Gasteiger partial charge on any atom is 0.409 e. The summed E-state index contributed by atoms with van der Waals surface area (Å²) in [5.74, 6) is 1.19. The van der Waals surface area contributed by atoms with Crippen molar-refractivity contribution in [1.82, 2.24) is 19.5 Å². The highest BCUT2D eigenvalue weighted by Crippen LogP contribution is 2.41. The molecule has 4 heterocycles. The van der Waals surface area contributed by atoms with E-state index in [2.05, 4.69) is 34.2 Å². The van der Waals surface area contributed by atoms with Crippen LogP contribution in [0.15, 0.2) is 36.8 Å². The predicted molar refractivity (Wildman–Crippen MR) is 158 cm³/mol. The smallest absolute Gasteiger partial charge is 0.409 e. The third-order valence-corrected chi connectivity index (χ3v) is 8.46. The molecule has 2 amide bonds. The van der Waals surface area contributed by atoms with Crippen LogP contribution >= 0.6 is 10.0 Å². The minimum atomic E-state index is -0.737. The van der Waals surface area contributed by atoms with E-state index >= 15 is 0 Å². The lowest BCUT2D eigenvalue weighted by molar-refractivity contribution is -0.191. The van der Waals surface area contributed by atoms with E-state index < -0.39 is 22.4 Å². The Balaban J connectivity index is 1.27. The SMILES string of the molecule is CN(C[C@H]1OC[C@H](c2cc3c(cc2NC(=O)c2cnn4cccnc24)CC(C)(C)O3)CO1)C(=O)OCCS(C)(C)C. The minimum absolute atomic E-state index is 0.159. The van der Waals surface area contributed by atoms with E-state index in [0.29, 0.717) is 36.7 Å². The number of carbonyl (C=O) groups is 2. The second-order valence-electron chi connectivity index (χ2n) is 12.1. The van der Waals surface area contributed by atoms with Crippen LogP contribution in [0.3, 0.4) is 0 Å². The quantitative estimate of drug-likeness (QED) is 0.423. The fourth-order valence-corrected chi connectivity index (χ4v) is 5.49. The molecule has 12 heteroatoms. The first kappa shape index (κ1) is 29.2. The van der Waals surface area contributed by atoms with Crippen molar-refractivity contribution in [2.45, 2.75) is 38.1 Å². The van der Waals surface area contributed by atoms with Gasteiger partial charge in [0, 0.05) is 48.8 Å². The number of carbonyl (C=O) groups excluding carboxylic acids is 2. The highest BCUT2D eigenvalue weighted by Gasteiger charge is 2.34. The summed E-state index contributed by atoms with van der Waals surface area (Å²) in [7, 11) is 0.937. The molecule has 2 aromatic heterocycles. The summed E-state index contributed by atoms with van der Waals surface area (Å²) in [6.45, 7) is 5.43. The first-order chi connectivity index (χ1) is 19.4. The zero-order chi connectivity index (χ0) is 29.4. The summed E-state index contributed by atoms with van der Waals surface area (Å²) in [5, 5.41) is 7.32. The van der Waals surface area contributed by atoms with Gasteiger partial charge in [-0.15, -0.1) is 0 Å². The van der Waals surface area contributed by atoms with Crippen molar-refractivity contribution < 1.29 is 28.5 Å². The molecule has 3 aromatic rings. The number of hydrogen-bond donors (Lipinski definition) is 1. The van der Waals surface area contributed by atoms with E-state index in [9.17, 15) is 9.59 Å². The third kappa shape index (κ3) is 6.94. The van der Waals surface area contributed by atoms with Crippen molar-refractivity contribution in [3.05, 3.63) is 53.5 Å². The highest BCUT2D eigenvalue weighted by atomic mass is 32.3. The summed E-state index contributed by atoms with van der Waals surface area (Å²) < 4.78 is 25.2. The molecule has 0 aliphatic carbocycles. The molecule has 2 aliphatic heterocycles. The van der Waals surface area contributed by atoms with Gasteiger partial charge < -0.3 is 29.2 Å². The lowest BCUT2D eigenvalue weighted by atomic mass is 9.94. The molecular formula is C29H39N5O6S. The van der Waals surface area contributed by atoms with Crippen LogP contribution in [0.25, 0.3) is 5.65 Å². The molecule has 222 valence electrons. The lowest BCUT2D eigenvalue weighted by Gasteiger charge is -2.33. The van der Waals surface area contributed by atoms with Crippen molar-refractivity contribution in [2.24, 2.45) is 0 Å². The Bertz CT molecular complexity index is 1430. The van der Waals surface area contributed by atoms with Gasteiger partial charge in [0.25, 0.3) is 5.91 Å². The van der Waals surface area contributed by atoms with Gasteiger partial charge in [-0.05, 0) is 56.4 Å². The van der Waals surface area contributed by atoms with Gasteiger partial charge in [-0.25, -0.2) is 24.3 Å². The molecule has 1 N–H and O–H groups in total. The second kappa shape index (κ2) is 11.5. The third-order valence-electron chi connectivity index (χ3n) is 7.07. The largest absolute Gasteiger partial charge is 0.487 e. The van der Waals surface area contributed by atoms with Gasteiger partial charge in [0.1, 0.15) is 23.5 Å². The predicted octanol–water partition coefficient (Wildman–Crippen LogP) is 3.91. The molecule has 0 radical (unpaired) electrons. The van der Waals surface area contributed by atoms with E-state index in [0.717, 1.165) is 29.1 Å². The van der Waals surface area contributed by atoms with Crippen molar-refractivity contribution in [3.8, 4) is 5.75 Å². The van der Waals surface area contributed by atoms with Crippen LogP contribution in [-0.2, 0) is 20.6 Å². The summed E-state index contributed by atoms with van der Waals surface area (Å²) in [6.07, 6.45) is 11.2. The molecule has 1 fully saturated rings. The fourth-order valence-electron chi connectivity index (χ4n) is 4.90. The first-order valence-electron chi connectivity index (χ1n) is 13.6. The minimum Gasteiger partial charge on any atom is -0.487 e. The zero-order valence-electron chi connectivity index (χ0n) is 24.5. The standard InChI is InChI=1S/C29H39N5O6S/c1-29(2)14-19-12-23(32-27(35)22-15-31-34-9-7-8-30-26(22)34)21(13-24(19)40-29)20-17-38-25(39-18-20)16-33(3)28(36)37-10-11-41(4,5)6/h7-9,12-13,15,20,25H,10-11,14,16-18H2,1-6H3,(H,32,35)/t20-,25-. The Kier molecular flexibility index (Phi) is 8.18. The molecular weight excluding hydrogens is 546 g/mol. The van der Waals surface area contributed by atoms with Gasteiger partial charge in [-0.1, -0.05) is 0 Å². The Morgan fingerprint density at radius 1 is 1.22 bits per heavy atom. The molecule has 0 atom stereocenters. The Morgan fingerprint density at radius 3 is 2.71 bits per heavy atom. The van der Waals surface area contributed by atoms with Crippen LogP contribution in [0.1, 0.15) is 41.3 Å². The molecule has 2 aliphatic rings. The number of nitrogens with zero attached hydrogens (tertiary/aromatic N) is 4. The van der Waals surface area contributed by atoms with E-state index in [4.69, 9.17) is 18.9 Å². The number of likely N-dealkylation sites (N-methyl/N-ethyl adjacent to an activating group) is 1. The normalized spacial score (nSPS) is 20.2. The maximum absolute atomic E-state index is 13.4. The molecule has 41 heavy (non-hydrogen) atoms. The molecule has 0 spiro atoms. The van der Waals surface area contributed by atoms with Gasteiger partial charge in [0.05, 0.1) is 26.0 Å². The molecule has 1 aromatic carbocycles. The Labute approximate surface area is 241 Å². The molecule has 0 unspecified atom stereocenters. The number of rotatable bonds is 8. The van der Waals surface area contributed by atoms with Crippen LogP contribution in [0.5, 0.6) is 5.75 Å². The van der Waals surface area contributed by atoms with E-state index in [1.807, 2.05) is 26.0 Å². The fraction of sp³-hybridized carbons (Fsp3) is 0.517. The van der Waals surface area contributed by atoms with Gasteiger partial charge in [-0.3, -0.25) is 4.79 Å². The van der Waals surface area contributed by atoms with Gasteiger partial charge in [-0.2, -0.15) is 5.10 Å². The van der Waals surface area contributed by atoms with Crippen molar-refractivity contribution in [3.63, 3.8) is 0 Å². The number of nitrogens with one attached hydrogen (secondary N) is 1.